The molecule has 0 aromatic heterocycles. The van der Waals surface area contributed by atoms with E-state index in [1.165, 1.54) is 24.3 Å². The molecule has 0 spiro atoms. The first-order chi connectivity index (χ1) is 8.81. The molecule has 1 atom stereocenters. The number of hydrogen-bond donors (Lipinski definition) is 0. The summed E-state index contributed by atoms with van der Waals surface area (Å²) in [5.41, 5.74) is 0.413. The fraction of sp³-hybridized carbons (Fsp3) is 0.417. The molecule has 1 aromatic carbocycles. The third-order valence-corrected chi connectivity index (χ3v) is 3.41. The number of hydrogen-bond acceptors (Lipinski definition) is 3. The van der Waals surface area contributed by atoms with Crippen LogP contribution in [0, 0.1) is 0 Å². The van der Waals surface area contributed by atoms with E-state index in [1.807, 2.05) is 0 Å². The molecule has 1 aromatic rings. The molecule has 0 amide bonds. The van der Waals surface area contributed by atoms with Gasteiger partial charge in [0, 0.05) is 11.4 Å². The lowest BCUT2D eigenvalue weighted by atomic mass is 10.1. The Kier molecular flexibility index (Phi) is 6.00. The smallest absolute Gasteiger partial charge is 0.390 e. The van der Waals surface area contributed by atoms with Gasteiger partial charge in [0.15, 0.2) is 0 Å². The van der Waals surface area contributed by atoms with Crippen LogP contribution in [-0.4, -0.2) is 12.1 Å². The Hall–Kier alpha value is -0.880. The lowest BCUT2D eigenvalue weighted by Gasteiger charge is -2.17. The SMILES string of the molecule is CCC(=O)OSC(CC(F)(F)F)c1ccc(Cl)cc1. The number of benzene rings is 1. The van der Waals surface area contributed by atoms with Gasteiger partial charge in [-0.25, -0.2) is 0 Å². The molecule has 0 N–H and O–H groups in total. The van der Waals surface area contributed by atoms with Gasteiger partial charge in [-0.3, -0.25) is 4.79 Å². The predicted molar refractivity (Wildman–Crippen MR) is 68.8 cm³/mol. The van der Waals surface area contributed by atoms with Crippen LogP contribution in [0.4, 0.5) is 13.2 Å². The summed E-state index contributed by atoms with van der Waals surface area (Å²) in [4.78, 5) is 11.0. The third kappa shape index (κ3) is 6.20. The minimum absolute atomic E-state index is 0.117. The maximum Gasteiger partial charge on any atom is 0.390 e. The molecular formula is C12H12ClF3O2S. The number of halogens is 4. The Morgan fingerprint density at radius 1 is 1.37 bits per heavy atom. The van der Waals surface area contributed by atoms with Gasteiger partial charge >= 0.3 is 12.1 Å². The van der Waals surface area contributed by atoms with Gasteiger partial charge in [0.1, 0.15) is 0 Å². The molecule has 19 heavy (non-hydrogen) atoms. The van der Waals surface area contributed by atoms with Crippen LogP contribution in [0.25, 0.3) is 0 Å². The van der Waals surface area contributed by atoms with Crippen LogP contribution >= 0.6 is 23.6 Å². The number of rotatable bonds is 5. The second-order valence-corrected chi connectivity index (χ2v) is 5.13. The second-order valence-electron chi connectivity index (χ2n) is 3.76. The van der Waals surface area contributed by atoms with Crippen molar-refractivity contribution < 1.29 is 22.1 Å². The monoisotopic (exact) mass is 312 g/mol. The Morgan fingerprint density at radius 3 is 2.42 bits per heavy atom. The van der Waals surface area contributed by atoms with Crippen molar-refractivity contribution in [2.75, 3.05) is 0 Å². The van der Waals surface area contributed by atoms with Crippen molar-refractivity contribution in [1.29, 1.82) is 0 Å². The molecule has 106 valence electrons. The highest BCUT2D eigenvalue weighted by atomic mass is 35.5. The number of carbonyl (C=O) groups excluding carboxylic acids is 1. The van der Waals surface area contributed by atoms with Crippen molar-refractivity contribution in [1.82, 2.24) is 0 Å². The van der Waals surface area contributed by atoms with Crippen molar-refractivity contribution in [2.24, 2.45) is 0 Å². The highest BCUT2D eigenvalue weighted by Gasteiger charge is 2.34. The summed E-state index contributed by atoms with van der Waals surface area (Å²) in [6.07, 6.45) is -5.29. The van der Waals surface area contributed by atoms with Gasteiger partial charge in [-0.05, 0) is 17.7 Å². The van der Waals surface area contributed by atoms with Crippen molar-refractivity contribution in [3.05, 3.63) is 34.9 Å². The van der Waals surface area contributed by atoms with Crippen LogP contribution in [0.1, 0.15) is 30.6 Å². The van der Waals surface area contributed by atoms with Crippen LogP contribution in [0.5, 0.6) is 0 Å². The molecule has 7 heteroatoms. The van der Waals surface area contributed by atoms with E-state index in [9.17, 15) is 18.0 Å². The zero-order chi connectivity index (χ0) is 14.5. The summed E-state index contributed by atoms with van der Waals surface area (Å²) in [6, 6.07) is 5.99. The standard InChI is InChI=1S/C12H12ClF3O2S/c1-2-11(17)18-19-10(7-12(14,15)16)8-3-5-9(13)6-4-8/h3-6,10H,2,7H2,1H3. The van der Waals surface area contributed by atoms with Crippen LogP contribution in [-0.2, 0) is 8.98 Å². The topological polar surface area (TPSA) is 26.3 Å². The minimum Gasteiger partial charge on any atom is -0.391 e. The van der Waals surface area contributed by atoms with E-state index in [2.05, 4.69) is 0 Å². The second kappa shape index (κ2) is 7.05. The van der Waals surface area contributed by atoms with Gasteiger partial charge in [0.2, 0.25) is 0 Å². The predicted octanol–water partition coefficient (Wildman–Crippen LogP) is 4.93. The van der Waals surface area contributed by atoms with Crippen LogP contribution in [0.3, 0.4) is 0 Å². The third-order valence-electron chi connectivity index (χ3n) is 2.20. The fourth-order valence-electron chi connectivity index (χ4n) is 1.27. The first-order valence-electron chi connectivity index (χ1n) is 5.50. The molecular weight excluding hydrogens is 301 g/mol. The summed E-state index contributed by atoms with van der Waals surface area (Å²) in [5.74, 6) is -0.550. The van der Waals surface area contributed by atoms with Gasteiger partial charge < -0.3 is 4.18 Å². The first-order valence-corrected chi connectivity index (χ1v) is 6.68. The Bertz CT molecular complexity index is 420. The average molecular weight is 313 g/mol. The van der Waals surface area contributed by atoms with Crippen molar-refractivity contribution in [2.45, 2.75) is 31.2 Å². The van der Waals surface area contributed by atoms with Crippen molar-refractivity contribution in [3.63, 3.8) is 0 Å². The first kappa shape index (κ1) is 16.2. The van der Waals surface area contributed by atoms with E-state index >= 15 is 0 Å². The van der Waals surface area contributed by atoms with E-state index in [0.717, 1.165) is 0 Å². The van der Waals surface area contributed by atoms with Gasteiger partial charge in [-0.1, -0.05) is 30.7 Å². The summed E-state index contributed by atoms with van der Waals surface area (Å²) < 4.78 is 42.2. The zero-order valence-corrected chi connectivity index (χ0v) is 11.6. The maximum absolute atomic E-state index is 12.5. The van der Waals surface area contributed by atoms with Crippen LogP contribution in [0.2, 0.25) is 5.02 Å². The minimum atomic E-state index is -4.34. The summed E-state index contributed by atoms with van der Waals surface area (Å²) in [5, 5.41) is -0.558. The van der Waals surface area contributed by atoms with Crippen LogP contribution < -0.4 is 0 Å². The zero-order valence-electron chi connectivity index (χ0n) is 10.0. The molecule has 0 aliphatic carbocycles. The van der Waals surface area contributed by atoms with E-state index < -0.39 is 23.8 Å². The van der Waals surface area contributed by atoms with Crippen molar-refractivity contribution in [3.8, 4) is 0 Å². The molecule has 2 nitrogen and oxygen atoms in total. The molecule has 1 rings (SSSR count). The normalized spacial score (nSPS) is 13.1. The maximum atomic E-state index is 12.5. The molecule has 0 saturated carbocycles. The van der Waals surface area contributed by atoms with Crippen LogP contribution in [0.15, 0.2) is 24.3 Å². The lowest BCUT2D eigenvalue weighted by Crippen LogP contribution is -2.13. The van der Waals surface area contributed by atoms with E-state index in [4.69, 9.17) is 15.8 Å². The Balaban J connectivity index is 2.79. The quantitative estimate of drug-likeness (QED) is 0.721. The highest BCUT2D eigenvalue weighted by molar-refractivity contribution is 7.95. The molecule has 0 fully saturated rings. The van der Waals surface area contributed by atoms with Gasteiger partial charge in [0.25, 0.3) is 0 Å². The summed E-state index contributed by atoms with van der Waals surface area (Å²) in [7, 11) is 0. The van der Waals surface area contributed by atoms with E-state index in [0.29, 0.717) is 22.6 Å². The number of carbonyl (C=O) groups is 1. The molecule has 0 aliphatic heterocycles. The molecule has 0 saturated heterocycles. The number of alkyl halides is 3. The Labute approximate surface area is 118 Å². The summed E-state index contributed by atoms with van der Waals surface area (Å²) in [6.45, 7) is 1.57. The average Bonchev–Trinajstić information content (AvgIpc) is 2.33. The molecule has 1 unspecified atom stereocenters. The Morgan fingerprint density at radius 2 is 1.95 bits per heavy atom. The molecule has 0 bridgehead atoms. The van der Waals surface area contributed by atoms with Crippen molar-refractivity contribution >= 4 is 29.6 Å². The summed E-state index contributed by atoms with van der Waals surface area (Å²) >= 11 is 6.21. The van der Waals surface area contributed by atoms with E-state index in [1.54, 1.807) is 6.92 Å². The largest absolute Gasteiger partial charge is 0.391 e. The molecule has 0 aliphatic rings. The van der Waals surface area contributed by atoms with E-state index in [-0.39, 0.29) is 6.42 Å². The fourth-order valence-corrected chi connectivity index (χ4v) is 2.26. The lowest BCUT2D eigenvalue weighted by molar-refractivity contribution is -0.137. The molecule has 0 radical (unpaired) electrons. The van der Waals surface area contributed by atoms with Gasteiger partial charge in [-0.2, -0.15) is 13.2 Å². The highest BCUT2D eigenvalue weighted by Crippen LogP contribution is 2.39. The molecule has 0 heterocycles. The van der Waals surface area contributed by atoms with Gasteiger partial charge in [-0.15, -0.1) is 0 Å². The van der Waals surface area contributed by atoms with Gasteiger partial charge in [0.05, 0.1) is 23.7 Å².